The molecule has 0 fully saturated rings. The molecule has 126 valence electrons. The SMILES string of the molecule is COc1ccc(CCNC(=O)CO/N=C\c2ccc(C)cc2)cc1. The van der Waals surface area contributed by atoms with Gasteiger partial charge in [0.1, 0.15) is 5.75 Å². The van der Waals surface area contributed by atoms with Crippen LogP contribution >= 0.6 is 0 Å². The summed E-state index contributed by atoms with van der Waals surface area (Å²) < 4.78 is 5.10. The molecule has 0 saturated carbocycles. The highest BCUT2D eigenvalue weighted by Gasteiger charge is 2.01. The van der Waals surface area contributed by atoms with Gasteiger partial charge in [-0.25, -0.2) is 0 Å². The van der Waals surface area contributed by atoms with Crippen LogP contribution in [0.3, 0.4) is 0 Å². The van der Waals surface area contributed by atoms with Gasteiger partial charge in [0, 0.05) is 6.54 Å². The van der Waals surface area contributed by atoms with E-state index in [1.165, 1.54) is 5.56 Å². The third-order valence-corrected chi connectivity index (χ3v) is 3.44. The van der Waals surface area contributed by atoms with Crippen LogP contribution in [0.2, 0.25) is 0 Å². The number of benzene rings is 2. The molecule has 0 radical (unpaired) electrons. The Labute approximate surface area is 142 Å². The Kier molecular flexibility index (Phi) is 6.83. The number of carbonyl (C=O) groups excluding carboxylic acids is 1. The smallest absolute Gasteiger partial charge is 0.260 e. The van der Waals surface area contributed by atoms with Crippen LogP contribution < -0.4 is 10.1 Å². The lowest BCUT2D eigenvalue weighted by Crippen LogP contribution is -2.28. The van der Waals surface area contributed by atoms with Crippen molar-refractivity contribution in [2.75, 3.05) is 20.3 Å². The number of carbonyl (C=O) groups is 1. The molecule has 0 bridgehead atoms. The second kappa shape index (κ2) is 9.35. The van der Waals surface area contributed by atoms with Gasteiger partial charge in [-0.15, -0.1) is 0 Å². The van der Waals surface area contributed by atoms with Crippen LogP contribution in [0.1, 0.15) is 16.7 Å². The molecule has 2 rings (SSSR count). The highest BCUT2D eigenvalue weighted by atomic mass is 16.6. The van der Waals surface area contributed by atoms with Gasteiger partial charge in [0.2, 0.25) is 0 Å². The molecule has 5 nitrogen and oxygen atoms in total. The number of ether oxygens (including phenoxy) is 1. The first-order chi connectivity index (χ1) is 11.7. The minimum absolute atomic E-state index is 0.0923. The summed E-state index contributed by atoms with van der Waals surface area (Å²) >= 11 is 0. The molecule has 1 N–H and O–H groups in total. The van der Waals surface area contributed by atoms with Crippen molar-refractivity contribution in [3.63, 3.8) is 0 Å². The molecule has 0 heterocycles. The number of amides is 1. The molecule has 0 aliphatic rings. The highest BCUT2D eigenvalue weighted by Crippen LogP contribution is 2.11. The van der Waals surface area contributed by atoms with E-state index in [0.717, 1.165) is 23.3 Å². The van der Waals surface area contributed by atoms with Crippen molar-refractivity contribution < 1.29 is 14.4 Å². The average Bonchev–Trinajstić information content (AvgIpc) is 2.61. The largest absolute Gasteiger partial charge is 0.497 e. The van der Waals surface area contributed by atoms with E-state index >= 15 is 0 Å². The Hall–Kier alpha value is -2.82. The third kappa shape index (κ3) is 6.12. The zero-order chi connectivity index (χ0) is 17.2. The summed E-state index contributed by atoms with van der Waals surface area (Å²) in [7, 11) is 1.64. The van der Waals surface area contributed by atoms with Crippen LogP contribution in [0.5, 0.6) is 5.75 Å². The monoisotopic (exact) mass is 326 g/mol. The van der Waals surface area contributed by atoms with E-state index in [1.54, 1.807) is 13.3 Å². The summed E-state index contributed by atoms with van der Waals surface area (Å²) in [5.74, 6) is 0.632. The zero-order valence-electron chi connectivity index (χ0n) is 14.0. The van der Waals surface area contributed by atoms with Gasteiger partial charge in [-0.1, -0.05) is 47.1 Å². The molecule has 2 aromatic rings. The van der Waals surface area contributed by atoms with E-state index in [0.29, 0.717) is 6.54 Å². The Morgan fingerprint density at radius 1 is 1.12 bits per heavy atom. The summed E-state index contributed by atoms with van der Waals surface area (Å²) in [6, 6.07) is 15.6. The van der Waals surface area contributed by atoms with Gasteiger partial charge in [0.05, 0.1) is 13.3 Å². The first kappa shape index (κ1) is 17.5. The van der Waals surface area contributed by atoms with Crippen molar-refractivity contribution in [1.29, 1.82) is 0 Å². The first-order valence-electron chi connectivity index (χ1n) is 7.79. The Morgan fingerprint density at radius 3 is 2.50 bits per heavy atom. The number of nitrogens with one attached hydrogen (secondary N) is 1. The van der Waals surface area contributed by atoms with Crippen molar-refractivity contribution >= 4 is 12.1 Å². The highest BCUT2D eigenvalue weighted by molar-refractivity contribution is 5.79. The number of hydrogen-bond donors (Lipinski definition) is 1. The van der Waals surface area contributed by atoms with Gasteiger partial charge in [0.15, 0.2) is 6.61 Å². The zero-order valence-corrected chi connectivity index (χ0v) is 14.0. The van der Waals surface area contributed by atoms with Crippen LogP contribution in [0, 0.1) is 6.92 Å². The van der Waals surface area contributed by atoms with Crippen LogP contribution in [0.4, 0.5) is 0 Å². The predicted octanol–water partition coefficient (Wildman–Crippen LogP) is 2.71. The summed E-state index contributed by atoms with van der Waals surface area (Å²) in [6.07, 6.45) is 2.34. The molecule has 1 amide bonds. The molecule has 0 spiro atoms. The van der Waals surface area contributed by atoms with Crippen molar-refractivity contribution in [2.45, 2.75) is 13.3 Å². The van der Waals surface area contributed by atoms with Gasteiger partial charge in [-0.05, 0) is 36.6 Å². The summed E-state index contributed by atoms with van der Waals surface area (Å²) in [5, 5.41) is 6.59. The second-order valence-corrected chi connectivity index (χ2v) is 5.37. The van der Waals surface area contributed by atoms with E-state index in [1.807, 2.05) is 55.5 Å². The van der Waals surface area contributed by atoms with Crippen molar-refractivity contribution in [2.24, 2.45) is 5.16 Å². The van der Waals surface area contributed by atoms with Crippen molar-refractivity contribution in [1.82, 2.24) is 5.32 Å². The van der Waals surface area contributed by atoms with Crippen LogP contribution in [-0.2, 0) is 16.1 Å². The minimum Gasteiger partial charge on any atom is -0.497 e. The standard InChI is InChI=1S/C19H22N2O3/c1-15-3-5-17(6-4-15)13-21-24-14-19(22)20-12-11-16-7-9-18(23-2)10-8-16/h3-10,13H,11-12,14H2,1-2H3,(H,20,22)/b21-13-. The van der Waals surface area contributed by atoms with Gasteiger partial charge >= 0.3 is 0 Å². The number of nitrogens with zero attached hydrogens (tertiary/aromatic N) is 1. The normalized spacial score (nSPS) is 10.6. The van der Waals surface area contributed by atoms with Gasteiger partial charge < -0.3 is 14.9 Å². The van der Waals surface area contributed by atoms with Crippen LogP contribution in [0.15, 0.2) is 53.7 Å². The molecule has 0 unspecified atom stereocenters. The van der Waals surface area contributed by atoms with E-state index in [-0.39, 0.29) is 12.5 Å². The number of methoxy groups -OCH3 is 1. The molecular formula is C19H22N2O3. The lowest BCUT2D eigenvalue weighted by Gasteiger charge is -2.05. The fourth-order valence-electron chi connectivity index (χ4n) is 2.04. The van der Waals surface area contributed by atoms with E-state index in [2.05, 4.69) is 10.5 Å². The molecule has 0 atom stereocenters. The van der Waals surface area contributed by atoms with Crippen LogP contribution in [0.25, 0.3) is 0 Å². The third-order valence-electron chi connectivity index (χ3n) is 3.44. The summed E-state index contributed by atoms with van der Waals surface area (Å²) in [6.45, 7) is 2.48. The molecule has 5 heteroatoms. The van der Waals surface area contributed by atoms with Gasteiger partial charge in [-0.3, -0.25) is 4.79 Å². The molecule has 24 heavy (non-hydrogen) atoms. The van der Waals surface area contributed by atoms with Gasteiger partial charge in [-0.2, -0.15) is 0 Å². The Bertz CT molecular complexity index is 664. The summed E-state index contributed by atoms with van der Waals surface area (Å²) in [5.41, 5.74) is 3.25. The van der Waals surface area contributed by atoms with Gasteiger partial charge in [0.25, 0.3) is 5.91 Å². The quantitative estimate of drug-likeness (QED) is 0.599. The van der Waals surface area contributed by atoms with E-state index in [9.17, 15) is 4.79 Å². The molecule has 0 aromatic heterocycles. The van der Waals surface area contributed by atoms with Crippen LogP contribution in [-0.4, -0.2) is 32.4 Å². The maximum Gasteiger partial charge on any atom is 0.260 e. The van der Waals surface area contributed by atoms with Crippen molar-refractivity contribution in [3.8, 4) is 5.75 Å². The number of rotatable bonds is 8. The lowest BCUT2D eigenvalue weighted by atomic mass is 10.1. The lowest BCUT2D eigenvalue weighted by molar-refractivity contribution is -0.125. The van der Waals surface area contributed by atoms with Crippen molar-refractivity contribution in [3.05, 3.63) is 65.2 Å². The molecule has 0 aliphatic heterocycles. The minimum atomic E-state index is -0.190. The fraction of sp³-hybridized carbons (Fsp3) is 0.263. The van der Waals surface area contributed by atoms with E-state index < -0.39 is 0 Å². The number of oxime groups is 1. The maximum absolute atomic E-state index is 11.7. The maximum atomic E-state index is 11.7. The second-order valence-electron chi connectivity index (χ2n) is 5.37. The fourth-order valence-corrected chi connectivity index (χ4v) is 2.04. The average molecular weight is 326 g/mol. The predicted molar refractivity (Wildman–Crippen MR) is 94.4 cm³/mol. The molecule has 2 aromatic carbocycles. The molecule has 0 saturated heterocycles. The number of hydrogen-bond acceptors (Lipinski definition) is 4. The number of aryl methyl sites for hydroxylation is 1. The Morgan fingerprint density at radius 2 is 1.83 bits per heavy atom. The topological polar surface area (TPSA) is 59.9 Å². The Balaban J connectivity index is 1.63. The molecule has 0 aliphatic carbocycles. The molecular weight excluding hydrogens is 304 g/mol. The first-order valence-corrected chi connectivity index (χ1v) is 7.79. The summed E-state index contributed by atoms with van der Waals surface area (Å²) in [4.78, 5) is 16.7. The van der Waals surface area contributed by atoms with E-state index in [4.69, 9.17) is 9.57 Å².